The molecule has 0 atom stereocenters. The first-order valence-corrected chi connectivity index (χ1v) is 12.4. The number of likely N-dealkylation sites (N-methyl/N-ethyl adjacent to an activating group) is 1. The van der Waals surface area contributed by atoms with Gasteiger partial charge in [-0.15, -0.1) is 0 Å². The Bertz CT molecular complexity index is 1170. The zero-order chi connectivity index (χ0) is 25.3. The Labute approximate surface area is 212 Å². The maximum absolute atomic E-state index is 12.7. The fourth-order valence-electron chi connectivity index (χ4n) is 4.53. The van der Waals surface area contributed by atoms with Crippen LogP contribution in [0.4, 0.5) is 0 Å². The van der Waals surface area contributed by atoms with Crippen LogP contribution in [0, 0.1) is 0 Å². The highest BCUT2D eigenvalue weighted by Crippen LogP contribution is 2.24. The summed E-state index contributed by atoms with van der Waals surface area (Å²) in [6, 6.07) is 24.7. The number of piperidine rings is 1. The minimum Gasteiger partial charge on any atom is -0.462 e. The number of nitrogens with zero attached hydrogens (tertiary/aromatic N) is 2. The highest BCUT2D eigenvalue weighted by Gasteiger charge is 2.23. The first-order chi connectivity index (χ1) is 17.5. The largest absolute Gasteiger partial charge is 0.462 e. The number of carbonyl (C=O) groups is 3. The molecule has 186 valence electrons. The summed E-state index contributed by atoms with van der Waals surface area (Å²) in [6.07, 6.45) is 2.52. The number of hydrogen-bond acceptors (Lipinski definition) is 5. The van der Waals surface area contributed by atoms with Crippen molar-refractivity contribution in [2.45, 2.75) is 25.4 Å². The van der Waals surface area contributed by atoms with Crippen molar-refractivity contribution in [3.63, 3.8) is 0 Å². The van der Waals surface area contributed by atoms with Crippen LogP contribution >= 0.6 is 0 Å². The standard InChI is InChI=1S/C30H32N2O4/c1-31(30(35)25-13-11-23(22-33)12-14-25)19-20-32-17-15-27(16-18-32)36-29(34)21-26-9-5-6-10-28(26)24-7-3-2-4-8-24/h2-14,22,27H,15-21H2,1H3. The minimum absolute atomic E-state index is 0.0629. The minimum atomic E-state index is -0.192. The number of hydrogen-bond donors (Lipinski definition) is 0. The number of benzene rings is 3. The summed E-state index contributed by atoms with van der Waals surface area (Å²) in [5.41, 5.74) is 4.25. The Morgan fingerprint density at radius 3 is 2.31 bits per heavy atom. The van der Waals surface area contributed by atoms with Crippen molar-refractivity contribution in [3.05, 3.63) is 95.6 Å². The molecule has 3 aromatic carbocycles. The van der Waals surface area contributed by atoms with Gasteiger partial charge in [-0.25, -0.2) is 0 Å². The van der Waals surface area contributed by atoms with Gasteiger partial charge in [0.25, 0.3) is 5.91 Å². The summed E-state index contributed by atoms with van der Waals surface area (Å²) in [7, 11) is 1.79. The molecule has 1 saturated heterocycles. The first-order valence-electron chi connectivity index (χ1n) is 12.4. The van der Waals surface area contributed by atoms with E-state index in [4.69, 9.17) is 4.74 Å². The molecule has 1 aliphatic rings. The van der Waals surface area contributed by atoms with E-state index < -0.39 is 0 Å². The van der Waals surface area contributed by atoms with Crippen molar-refractivity contribution < 1.29 is 19.1 Å². The van der Waals surface area contributed by atoms with Crippen LogP contribution in [0.15, 0.2) is 78.9 Å². The molecule has 4 rings (SSSR count). The fraction of sp³-hybridized carbons (Fsp3) is 0.300. The zero-order valence-corrected chi connectivity index (χ0v) is 20.6. The molecule has 3 aromatic rings. The summed E-state index contributed by atoms with van der Waals surface area (Å²) in [5, 5.41) is 0. The normalized spacial score (nSPS) is 14.2. The number of rotatable bonds is 9. The van der Waals surface area contributed by atoms with Gasteiger partial charge >= 0.3 is 5.97 Å². The van der Waals surface area contributed by atoms with E-state index >= 15 is 0 Å². The van der Waals surface area contributed by atoms with E-state index in [2.05, 4.69) is 4.90 Å². The Kier molecular flexibility index (Phi) is 8.63. The third-order valence-electron chi connectivity index (χ3n) is 6.66. The SMILES string of the molecule is CN(CCN1CCC(OC(=O)Cc2ccccc2-c2ccccc2)CC1)C(=O)c1ccc(C=O)cc1. The van der Waals surface area contributed by atoms with E-state index in [9.17, 15) is 14.4 Å². The quantitative estimate of drug-likeness (QED) is 0.331. The van der Waals surface area contributed by atoms with E-state index in [0.29, 0.717) is 17.7 Å². The Morgan fingerprint density at radius 2 is 1.61 bits per heavy atom. The molecule has 1 amide bonds. The average molecular weight is 485 g/mol. The number of ether oxygens (including phenoxy) is 1. The number of amides is 1. The van der Waals surface area contributed by atoms with Crippen molar-refractivity contribution in [1.29, 1.82) is 0 Å². The molecule has 0 saturated carbocycles. The Morgan fingerprint density at radius 1 is 0.944 bits per heavy atom. The van der Waals surface area contributed by atoms with E-state index in [1.807, 2.05) is 54.6 Å². The van der Waals surface area contributed by atoms with Crippen molar-refractivity contribution in [3.8, 4) is 11.1 Å². The molecule has 6 heteroatoms. The van der Waals surface area contributed by atoms with Gasteiger partial charge in [-0.3, -0.25) is 14.4 Å². The van der Waals surface area contributed by atoms with Crippen LogP contribution in [0.1, 0.15) is 39.1 Å². The van der Waals surface area contributed by atoms with Gasteiger partial charge in [-0.05, 0) is 41.7 Å². The third-order valence-corrected chi connectivity index (χ3v) is 6.66. The molecule has 36 heavy (non-hydrogen) atoms. The van der Waals surface area contributed by atoms with Crippen LogP contribution < -0.4 is 0 Å². The number of carbonyl (C=O) groups excluding carboxylic acids is 3. The molecule has 1 aliphatic heterocycles. The average Bonchev–Trinajstić information content (AvgIpc) is 2.93. The second-order valence-corrected chi connectivity index (χ2v) is 9.20. The van der Waals surface area contributed by atoms with E-state index in [1.54, 1.807) is 36.2 Å². The summed E-state index contributed by atoms with van der Waals surface area (Å²) in [6.45, 7) is 3.03. The van der Waals surface area contributed by atoms with Crippen molar-refractivity contribution in [2.24, 2.45) is 0 Å². The summed E-state index contributed by atoms with van der Waals surface area (Å²) >= 11 is 0. The monoisotopic (exact) mass is 484 g/mol. The van der Waals surface area contributed by atoms with E-state index in [1.165, 1.54) is 0 Å². The summed E-state index contributed by atoms with van der Waals surface area (Å²) in [4.78, 5) is 40.1. The Hall–Kier alpha value is -3.77. The molecule has 0 aromatic heterocycles. The molecule has 0 N–H and O–H groups in total. The van der Waals surface area contributed by atoms with Gasteiger partial charge in [0.1, 0.15) is 12.4 Å². The molecular weight excluding hydrogens is 452 g/mol. The number of esters is 1. The molecule has 6 nitrogen and oxygen atoms in total. The lowest BCUT2D eigenvalue weighted by molar-refractivity contribution is -0.150. The zero-order valence-electron chi connectivity index (χ0n) is 20.6. The van der Waals surface area contributed by atoms with Crippen LogP contribution in [-0.4, -0.2) is 67.3 Å². The van der Waals surface area contributed by atoms with Crippen LogP contribution in [-0.2, 0) is 16.0 Å². The van der Waals surface area contributed by atoms with Crippen molar-refractivity contribution >= 4 is 18.2 Å². The van der Waals surface area contributed by atoms with Crippen LogP contribution in [0.3, 0.4) is 0 Å². The molecule has 0 aliphatic carbocycles. The third kappa shape index (κ3) is 6.67. The number of aldehydes is 1. The van der Waals surface area contributed by atoms with Crippen LogP contribution in [0.2, 0.25) is 0 Å². The highest BCUT2D eigenvalue weighted by atomic mass is 16.5. The van der Waals surface area contributed by atoms with Gasteiger partial charge in [0.2, 0.25) is 0 Å². The maximum Gasteiger partial charge on any atom is 0.310 e. The van der Waals surface area contributed by atoms with Gasteiger partial charge in [0.05, 0.1) is 6.42 Å². The van der Waals surface area contributed by atoms with Gasteiger partial charge in [-0.1, -0.05) is 66.7 Å². The lowest BCUT2D eigenvalue weighted by Crippen LogP contribution is -2.42. The lowest BCUT2D eigenvalue weighted by Gasteiger charge is -2.32. The molecule has 0 spiro atoms. The second kappa shape index (κ2) is 12.3. The summed E-state index contributed by atoms with van der Waals surface area (Å²) < 4.78 is 5.82. The molecule has 0 radical (unpaired) electrons. The predicted molar refractivity (Wildman–Crippen MR) is 140 cm³/mol. The molecule has 0 unspecified atom stereocenters. The molecular formula is C30H32N2O4. The van der Waals surface area contributed by atoms with Crippen molar-refractivity contribution in [1.82, 2.24) is 9.80 Å². The van der Waals surface area contributed by atoms with E-state index in [0.717, 1.165) is 55.5 Å². The number of likely N-dealkylation sites (tertiary alicyclic amines) is 1. The molecule has 1 fully saturated rings. The summed E-state index contributed by atoms with van der Waals surface area (Å²) in [5.74, 6) is -0.255. The van der Waals surface area contributed by atoms with Gasteiger partial charge in [0.15, 0.2) is 0 Å². The van der Waals surface area contributed by atoms with Gasteiger partial charge < -0.3 is 14.5 Å². The first kappa shape index (κ1) is 25.3. The van der Waals surface area contributed by atoms with Crippen LogP contribution in [0.5, 0.6) is 0 Å². The smallest absolute Gasteiger partial charge is 0.310 e. The molecule has 0 bridgehead atoms. The van der Waals surface area contributed by atoms with Gasteiger partial charge in [0, 0.05) is 44.4 Å². The topological polar surface area (TPSA) is 66.9 Å². The Balaban J connectivity index is 1.21. The lowest BCUT2D eigenvalue weighted by atomic mass is 9.98. The fourth-order valence-corrected chi connectivity index (χ4v) is 4.53. The van der Waals surface area contributed by atoms with E-state index in [-0.39, 0.29) is 24.4 Å². The molecule has 1 heterocycles. The maximum atomic E-state index is 12.7. The highest BCUT2D eigenvalue weighted by molar-refractivity contribution is 5.94. The van der Waals surface area contributed by atoms with Gasteiger partial charge in [-0.2, -0.15) is 0 Å². The van der Waals surface area contributed by atoms with Crippen molar-refractivity contribution in [2.75, 3.05) is 33.2 Å². The predicted octanol–water partition coefficient (Wildman–Crippen LogP) is 4.49. The second-order valence-electron chi connectivity index (χ2n) is 9.20. The van der Waals surface area contributed by atoms with Crippen LogP contribution in [0.25, 0.3) is 11.1 Å².